The summed E-state index contributed by atoms with van der Waals surface area (Å²) in [5.41, 5.74) is 0. The number of hydrogen-bond donors (Lipinski definition) is 1. The summed E-state index contributed by atoms with van der Waals surface area (Å²) in [5, 5.41) is 8.19. The maximum Gasteiger partial charge on any atom is 0.508 e. The van der Waals surface area contributed by atoms with E-state index in [1.165, 1.54) is 0 Å². The Morgan fingerprint density at radius 2 is 2.27 bits per heavy atom. The van der Waals surface area contributed by atoms with Gasteiger partial charge in [-0.05, 0) is 0 Å². The SMILES string of the molecule is O=C(O)/C=C/C(=O)OCC1COC(=O)O1. The van der Waals surface area contributed by atoms with Crippen LogP contribution in [0.15, 0.2) is 12.2 Å². The monoisotopic (exact) mass is 216 g/mol. The Labute approximate surface area is 84.2 Å². The Bertz CT molecular complexity index is 306. The topological polar surface area (TPSA) is 99.1 Å². The molecule has 1 unspecified atom stereocenters. The number of esters is 1. The normalized spacial score (nSPS) is 19.7. The molecule has 1 aliphatic heterocycles. The summed E-state index contributed by atoms with van der Waals surface area (Å²) in [6, 6.07) is 0. The highest BCUT2D eigenvalue weighted by atomic mass is 16.8. The molecule has 0 spiro atoms. The Morgan fingerprint density at radius 1 is 1.53 bits per heavy atom. The molecule has 0 saturated carbocycles. The quantitative estimate of drug-likeness (QED) is 0.508. The average Bonchev–Trinajstić information content (AvgIpc) is 2.58. The minimum atomic E-state index is -1.25. The molecule has 1 N–H and O–H groups in total. The number of rotatable bonds is 4. The molecular weight excluding hydrogens is 208 g/mol. The second-order valence-corrected chi connectivity index (χ2v) is 2.60. The van der Waals surface area contributed by atoms with Crippen molar-refractivity contribution in [3.8, 4) is 0 Å². The predicted octanol–water partition coefficient (Wildman–Crippen LogP) is -0.294. The van der Waals surface area contributed by atoms with Gasteiger partial charge in [-0.15, -0.1) is 0 Å². The zero-order valence-electron chi connectivity index (χ0n) is 7.54. The van der Waals surface area contributed by atoms with Gasteiger partial charge in [0, 0.05) is 12.2 Å². The highest BCUT2D eigenvalue weighted by Gasteiger charge is 2.25. The lowest BCUT2D eigenvalue weighted by atomic mass is 10.4. The lowest BCUT2D eigenvalue weighted by molar-refractivity contribution is -0.140. The van der Waals surface area contributed by atoms with Gasteiger partial charge < -0.3 is 19.3 Å². The van der Waals surface area contributed by atoms with Gasteiger partial charge in [-0.25, -0.2) is 14.4 Å². The first-order valence-corrected chi connectivity index (χ1v) is 3.99. The number of cyclic esters (lactones) is 2. The summed E-state index contributed by atoms with van der Waals surface area (Å²) < 4.78 is 13.6. The van der Waals surface area contributed by atoms with Crippen molar-refractivity contribution in [3.05, 3.63) is 12.2 Å². The van der Waals surface area contributed by atoms with E-state index in [0.717, 1.165) is 6.08 Å². The van der Waals surface area contributed by atoms with Crippen molar-refractivity contribution in [2.75, 3.05) is 13.2 Å². The van der Waals surface area contributed by atoms with E-state index >= 15 is 0 Å². The highest BCUT2D eigenvalue weighted by molar-refractivity contribution is 5.90. The fourth-order valence-corrected chi connectivity index (χ4v) is 0.810. The average molecular weight is 216 g/mol. The van der Waals surface area contributed by atoms with Crippen molar-refractivity contribution >= 4 is 18.1 Å². The number of carboxylic acids is 1. The zero-order valence-corrected chi connectivity index (χ0v) is 7.54. The molecule has 1 aliphatic rings. The Hall–Kier alpha value is -2.05. The molecule has 0 aliphatic carbocycles. The first-order valence-electron chi connectivity index (χ1n) is 3.99. The summed E-state index contributed by atoms with van der Waals surface area (Å²) >= 11 is 0. The number of carbonyl (C=O) groups is 3. The van der Waals surface area contributed by atoms with Crippen LogP contribution in [0.2, 0.25) is 0 Å². The van der Waals surface area contributed by atoms with Gasteiger partial charge in [0.1, 0.15) is 13.2 Å². The van der Waals surface area contributed by atoms with Crippen LogP contribution in [-0.2, 0) is 23.8 Å². The van der Waals surface area contributed by atoms with E-state index in [1.807, 2.05) is 0 Å². The van der Waals surface area contributed by atoms with Crippen LogP contribution in [0.4, 0.5) is 4.79 Å². The molecule has 1 heterocycles. The van der Waals surface area contributed by atoms with Crippen molar-refractivity contribution < 1.29 is 33.7 Å². The summed E-state index contributed by atoms with van der Waals surface area (Å²) in [7, 11) is 0. The van der Waals surface area contributed by atoms with Gasteiger partial charge in [0.25, 0.3) is 0 Å². The third-order valence-electron chi connectivity index (χ3n) is 1.42. The molecule has 7 nitrogen and oxygen atoms in total. The first kappa shape index (κ1) is 11.0. The number of carboxylic acid groups (broad SMARTS) is 1. The lowest BCUT2D eigenvalue weighted by Crippen LogP contribution is -2.20. The molecule has 15 heavy (non-hydrogen) atoms. The fourth-order valence-electron chi connectivity index (χ4n) is 0.810. The van der Waals surface area contributed by atoms with Crippen LogP contribution in [0, 0.1) is 0 Å². The van der Waals surface area contributed by atoms with Gasteiger partial charge in [-0.1, -0.05) is 0 Å². The zero-order chi connectivity index (χ0) is 11.3. The molecule has 1 rings (SSSR count). The molecule has 0 aromatic carbocycles. The van der Waals surface area contributed by atoms with Gasteiger partial charge in [-0.2, -0.15) is 0 Å². The van der Waals surface area contributed by atoms with E-state index in [4.69, 9.17) is 5.11 Å². The second kappa shape index (κ2) is 4.99. The Morgan fingerprint density at radius 3 is 2.80 bits per heavy atom. The van der Waals surface area contributed by atoms with Crippen molar-refractivity contribution in [2.24, 2.45) is 0 Å². The molecule has 1 saturated heterocycles. The van der Waals surface area contributed by atoms with Gasteiger partial charge in [0.2, 0.25) is 0 Å². The van der Waals surface area contributed by atoms with Crippen molar-refractivity contribution in [1.29, 1.82) is 0 Å². The molecule has 1 fully saturated rings. The molecule has 7 heteroatoms. The van der Waals surface area contributed by atoms with Crippen LogP contribution in [0.5, 0.6) is 0 Å². The molecule has 0 aromatic heterocycles. The van der Waals surface area contributed by atoms with Gasteiger partial charge in [-0.3, -0.25) is 0 Å². The number of aliphatic carboxylic acids is 1. The maximum absolute atomic E-state index is 10.8. The number of hydrogen-bond acceptors (Lipinski definition) is 6. The van der Waals surface area contributed by atoms with E-state index in [9.17, 15) is 14.4 Å². The molecular formula is C8H8O7. The largest absolute Gasteiger partial charge is 0.508 e. The van der Waals surface area contributed by atoms with Crippen LogP contribution in [0.3, 0.4) is 0 Å². The molecule has 1 atom stereocenters. The van der Waals surface area contributed by atoms with Gasteiger partial charge >= 0.3 is 18.1 Å². The molecule has 0 bridgehead atoms. The molecule has 0 aromatic rings. The minimum absolute atomic E-state index is 0.0226. The summed E-state index contributed by atoms with van der Waals surface area (Å²) in [4.78, 5) is 31.3. The van der Waals surface area contributed by atoms with Crippen LogP contribution in [-0.4, -0.2) is 42.5 Å². The van der Waals surface area contributed by atoms with Crippen LogP contribution >= 0.6 is 0 Å². The van der Waals surface area contributed by atoms with E-state index < -0.39 is 24.2 Å². The van der Waals surface area contributed by atoms with E-state index in [1.54, 1.807) is 0 Å². The molecule has 0 amide bonds. The van der Waals surface area contributed by atoms with Crippen LogP contribution in [0.1, 0.15) is 0 Å². The number of carbonyl (C=O) groups excluding carboxylic acids is 2. The number of ether oxygens (including phenoxy) is 3. The molecule has 0 radical (unpaired) electrons. The second-order valence-electron chi connectivity index (χ2n) is 2.60. The van der Waals surface area contributed by atoms with E-state index in [-0.39, 0.29) is 13.2 Å². The summed E-state index contributed by atoms with van der Waals surface area (Å²) in [5.74, 6) is -2.07. The minimum Gasteiger partial charge on any atom is -0.478 e. The third-order valence-corrected chi connectivity index (χ3v) is 1.42. The first-order chi connectivity index (χ1) is 7.08. The van der Waals surface area contributed by atoms with E-state index in [2.05, 4.69) is 14.2 Å². The maximum atomic E-state index is 10.8. The Kier molecular flexibility index (Phi) is 3.67. The van der Waals surface area contributed by atoms with Crippen molar-refractivity contribution in [1.82, 2.24) is 0 Å². The van der Waals surface area contributed by atoms with Gasteiger partial charge in [0.15, 0.2) is 6.10 Å². The molecule has 82 valence electrons. The van der Waals surface area contributed by atoms with E-state index in [0.29, 0.717) is 6.08 Å². The third kappa shape index (κ3) is 4.12. The standard InChI is InChI=1S/C8H8O7/c9-6(10)1-2-7(11)13-3-5-4-14-8(12)15-5/h1-2,5H,3-4H2,(H,9,10)/b2-1+. The van der Waals surface area contributed by atoms with Crippen molar-refractivity contribution in [3.63, 3.8) is 0 Å². The van der Waals surface area contributed by atoms with Crippen molar-refractivity contribution in [2.45, 2.75) is 6.10 Å². The summed E-state index contributed by atoms with van der Waals surface area (Å²) in [6.45, 7) is -0.136. The summed E-state index contributed by atoms with van der Waals surface area (Å²) in [6.07, 6.45) is -0.0174. The van der Waals surface area contributed by atoms with Crippen LogP contribution in [0.25, 0.3) is 0 Å². The van der Waals surface area contributed by atoms with Gasteiger partial charge in [0.05, 0.1) is 0 Å². The fraction of sp³-hybridized carbons (Fsp3) is 0.375. The Balaban J connectivity index is 2.22. The van der Waals surface area contributed by atoms with Crippen LogP contribution < -0.4 is 0 Å². The lowest BCUT2D eigenvalue weighted by Gasteiger charge is -2.05. The highest BCUT2D eigenvalue weighted by Crippen LogP contribution is 2.06. The predicted molar refractivity (Wildman–Crippen MR) is 44.0 cm³/mol. The smallest absolute Gasteiger partial charge is 0.478 e.